The van der Waals surface area contributed by atoms with Gasteiger partial charge in [-0.2, -0.15) is 0 Å². The molecule has 0 aromatic carbocycles. The molecule has 0 aliphatic heterocycles. The van der Waals surface area contributed by atoms with Crippen molar-refractivity contribution >= 4 is 5.78 Å². The predicted octanol–water partition coefficient (Wildman–Crippen LogP) is 1.03. The van der Waals surface area contributed by atoms with Crippen molar-refractivity contribution in [3.8, 4) is 0 Å². The molecular formula is C10H15N3O. The average molecular weight is 193 g/mol. The summed E-state index contributed by atoms with van der Waals surface area (Å²) in [6.45, 7) is 4.06. The van der Waals surface area contributed by atoms with E-state index in [2.05, 4.69) is 9.97 Å². The van der Waals surface area contributed by atoms with Gasteiger partial charge in [-0.3, -0.25) is 9.78 Å². The molecule has 4 nitrogen and oxygen atoms in total. The molecule has 1 heterocycles. The Morgan fingerprint density at radius 3 is 2.71 bits per heavy atom. The Kier molecular flexibility index (Phi) is 3.71. The van der Waals surface area contributed by atoms with Gasteiger partial charge in [-0.25, -0.2) is 4.98 Å². The second-order valence-corrected chi connectivity index (χ2v) is 3.69. The normalized spacial score (nSPS) is 12.9. The highest BCUT2D eigenvalue weighted by Gasteiger charge is 2.17. The third-order valence-corrected chi connectivity index (χ3v) is 1.88. The Bertz CT molecular complexity index is 297. The van der Waals surface area contributed by atoms with E-state index >= 15 is 0 Å². The Hall–Kier alpha value is -1.29. The number of hydrogen-bond acceptors (Lipinski definition) is 4. The first kappa shape index (κ1) is 10.8. The molecule has 0 unspecified atom stereocenters. The third-order valence-electron chi connectivity index (χ3n) is 1.88. The van der Waals surface area contributed by atoms with Crippen LogP contribution in [0.25, 0.3) is 0 Å². The summed E-state index contributed by atoms with van der Waals surface area (Å²) in [5.41, 5.74) is 6.08. The minimum Gasteiger partial charge on any atom is -0.321 e. The second kappa shape index (κ2) is 4.81. The van der Waals surface area contributed by atoms with Crippen molar-refractivity contribution in [2.75, 3.05) is 0 Å². The van der Waals surface area contributed by atoms with Gasteiger partial charge in [-0.05, 0) is 12.3 Å². The van der Waals surface area contributed by atoms with Gasteiger partial charge in [0.25, 0.3) is 0 Å². The molecule has 2 N–H and O–H groups in total. The highest BCUT2D eigenvalue weighted by Crippen LogP contribution is 2.06. The maximum Gasteiger partial charge on any atom is 0.199 e. The lowest BCUT2D eigenvalue weighted by atomic mass is 10.00. The summed E-state index contributed by atoms with van der Waals surface area (Å²) in [5.74, 6) is 0.275. The number of carbonyl (C=O) groups is 1. The van der Waals surface area contributed by atoms with Crippen LogP contribution in [0, 0.1) is 5.92 Å². The zero-order chi connectivity index (χ0) is 10.6. The smallest absolute Gasteiger partial charge is 0.199 e. The molecule has 0 spiro atoms. The minimum absolute atomic E-state index is 0.133. The van der Waals surface area contributed by atoms with Crippen LogP contribution in [0.15, 0.2) is 18.6 Å². The molecule has 0 aliphatic rings. The van der Waals surface area contributed by atoms with E-state index in [0.717, 1.165) is 0 Å². The van der Waals surface area contributed by atoms with Crippen LogP contribution in [0.4, 0.5) is 0 Å². The summed E-state index contributed by atoms with van der Waals surface area (Å²) in [5, 5.41) is 0. The van der Waals surface area contributed by atoms with Gasteiger partial charge in [0.1, 0.15) is 5.69 Å². The van der Waals surface area contributed by atoms with E-state index in [9.17, 15) is 4.79 Å². The fourth-order valence-electron chi connectivity index (χ4n) is 1.23. The molecule has 0 saturated heterocycles. The molecule has 0 radical (unpaired) electrons. The summed E-state index contributed by atoms with van der Waals surface area (Å²) in [7, 11) is 0. The zero-order valence-corrected chi connectivity index (χ0v) is 8.47. The fourth-order valence-corrected chi connectivity index (χ4v) is 1.23. The summed E-state index contributed by atoms with van der Waals surface area (Å²) < 4.78 is 0. The van der Waals surface area contributed by atoms with Gasteiger partial charge >= 0.3 is 0 Å². The molecule has 76 valence electrons. The first-order valence-electron chi connectivity index (χ1n) is 4.67. The van der Waals surface area contributed by atoms with Crippen molar-refractivity contribution in [2.24, 2.45) is 11.7 Å². The Balaban J connectivity index is 2.66. The van der Waals surface area contributed by atoms with Gasteiger partial charge in [0.05, 0.1) is 12.2 Å². The first-order chi connectivity index (χ1) is 6.61. The summed E-state index contributed by atoms with van der Waals surface area (Å²) in [6.07, 6.45) is 5.15. The van der Waals surface area contributed by atoms with E-state index in [1.165, 1.54) is 18.6 Å². The number of aromatic nitrogens is 2. The highest BCUT2D eigenvalue weighted by molar-refractivity contribution is 5.97. The van der Waals surface area contributed by atoms with Crippen LogP contribution in [-0.4, -0.2) is 21.8 Å². The molecule has 1 aromatic heterocycles. The number of rotatable bonds is 4. The second-order valence-electron chi connectivity index (χ2n) is 3.69. The Morgan fingerprint density at radius 1 is 1.50 bits per heavy atom. The number of nitrogens with zero attached hydrogens (tertiary/aromatic N) is 2. The number of nitrogens with two attached hydrogens (primary N) is 1. The molecular weight excluding hydrogens is 178 g/mol. The average Bonchev–Trinajstić information content (AvgIpc) is 2.17. The molecule has 0 aliphatic carbocycles. The van der Waals surface area contributed by atoms with Crippen LogP contribution in [0.5, 0.6) is 0 Å². The van der Waals surface area contributed by atoms with Gasteiger partial charge in [0.2, 0.25) is 0 Å². The monoisotopic (exact) mass is 193 g/mol. The van der Waals surface area contributed by atoms with Crippen LogP contribution >= 0.6 is 0 Å². The van der Waals surface area contributed by atoms with Crippen molar-refractivity contribution in [1.29, 1.82) is 0 Å². The molecule has 0 amide bonds. The molecule has 0 bridgehead atoms. The van der Waals surface area contributed by atoms with E-state index in [4.69, 9.17) is 5.73 Å². The van der Waals surface area contributed by atoms with Gasteiger partial charge in [-0.1, -0.05) is 13.8 Å². The van der Waals surface area contributed by atoms with Gasteiger partial charge < -0.3 is 5.73 Å². The zero-order valence-electron chi connectivity index (χ0n) is 8.47. The van der Waals surface area contributed by atoms with E-state index in [-0.39, 0.29) is 5.78 Å². The lowest BCUT2D eigenvalue weighted by Crippen LogP contribution is -2.32. The minimum atomic E-state index is -0.466. The van der Waals surface area contributed by atoms with Crippen LogP contribution in [0.3, 0.4) is 0 Å². The van der Waals surface area contributed by atoms with Crippen LogP contribution in [-0.2, 0) is 0 Å². The summed E-state index contributed by atoms with van der Waals surface area (Å²) in [4.78, 5) is 19.4. The third kappa shape index (κ3) is 2.88. The van der Waals surface area contributed by atoms with Crippen molar-refractivity contribution in [2.45, 2.75) is 26.3 Å². The number of carbonyl (C=O) groups excluding carboxylic acids is 1. The van der Waals surface area contributed by atoms with Crippen molar-refractivity contribution in [3.63, 3.8) is 0 Å². The van der Waals surface area contributed by atoms with E-state index in [0.29, 0.717) is 18.0 Å². The van der Waals surface area contributed by atoms with Crippen LogP contribution in [0.2, 0.25) is 0 Å². The number of Topliss-reactive ketones (excluding diaryl/α,β-unsaturated/α-hetero) is 1. The van der Waals surface area contributed by atoms with Gasteiger partial charge in [-0.15, -0.1) is 0 Å². The molecule has 1 aromatic rings. The molecule has 4 heteroatoms. The molecule has 0 saturated carbocycles. The van der Waals surface area contributed by atoms with Crippen molar-refractivity contribution < 1.29 is 4.79 Å². The number of hydrogen-bond donors (Lipinski definition) is 1. The number of ketones is 1. The standard InChI is InChI=1S/C10H15N3O/c1-7(2)5-8(11)10(14)9-6-12-3-4-13-9/h3-4,6-8H,5,11H2,1-2H3/t8-/m0/s1. The quantitative estimate of drug-likeness (QED) is 0.725. The lowest BCUT2D eigenvalue weighted by molar-refractivity contribution is 0.0945. The SMILES string of the molecule is CC(C)C[C@H](N)C(=O)c1cnccn1. The van der Waals surface area contributed by atoms with Crippen LogP contribution < -0.4 is 5.73 Å². The lowest BCUT2D eigenvalue weighted by Gasteiger charge is -2.11. The molecule has 1 atom stereocenters. The van der Waals surface area contributed by atoms with Gasteiger partial charge in [0, 0.05) is 12.4 Å². The Morgan fingerprint density at radius 2 is 2.21 bits per heavy atom. The molecule has 0 fully saturated rings. The maximum atomic E-state index is 11.7. The maximum absolute atomic E-state index is 11.7. The predicted molar refractivity (Wildman–Crippen MR) is 53.8 cm³/mol. The first-order valence-corrected chi connectivity index (χ1v) is 4.67. The summed E-state index contributed by atoms with van der Waals surface area (Å²) in [6, 6.07) is -0.466. The van der Waals surface area contributed by atoms with Crippen molar-refractivity contribution in [1.82, 2.24) is 9.97 Å². The van der Waals surface area contributed by atoms with E-state index in [1.807, 2.05) is 13.8 Å². The van der Waals surface area contributed by atoms with Gasteiger partial charge in [0.15, 0.2) is 5.78 Å². The van der Waals surface area contributed by atoms with Crippen molar-refractivity contribution in [3.05, 3.63) is 24.3 Å². The molecule has 14 heavy (non-hydrogen) atoms. The van der Waals surface area contributed by atoms with E-state index in [1.54, 1.807) is 0 Å². The fraction of sp³-hybridized carbons (Fsp3) is 0.500. The largest absolute Gasteiger partial charge is 0.321 e. The highest BCUT2D eigenvalue weighted by atomic mass is 16.1. The Labute approximate surface area is 83.6 Å². The van der Waals surface area contributed by atoms with E-state index < -0.39 is 6.04 Å². The summed E-state index contributed by atoms with van der Waals surface area (Å²) >= 11 is 0. The van der Waals surface area contributed by atoms with Crippen LogP contribution in [0.1, 0.15) is 30.8 Å². The topological polar surface area (TPSA) is 68.9 Å². The molecule has 1 rings (SSSR count).